The number of esters is 2. The Morgan fingerprint density at radius 2 is 1.35 bits per heavy atom. The standard InChI is InChI=1S/C30H32N2O8/c1-30(2,3)40-28(36)24(19-38-29(37)32(31)23-16-14-20(15-17-23)18-25(33)34)27(35)39-26(21-10-6-4-7-11-21)22-12-8-5-9-13-22/h4-17,24,26H,18-19,31H2,1-3H3,(H,33,34)/t24-/m1/s1. The molecule has 40 heavy (non-hydrogen) atoms. The molecule has 0 heterocycles. The predicted molar refractivity (Wildman–Crippen MR) is 146 cm³/mol. The fourth-order valence-electron chi connectivity index (χ4n) is 3.67. The van der Waals surface area contributed by atoms with Crippen LogP contribution in [0.3, 0.4) is 0 Å². The van der Waals surface area contributed by atoms with E-state index in [0.717, 1.165) is 0 Å². The molecule has 0 unspecified atom stereocenters. The van der Waals surface area contributed by atoms with Crippen molar-refractivity contribution in [3.63, 3.8) is 0 Å². The molecule has 0 aromatic heterocycles. The number of anilines is 1. The number of carbonyl (C=O) groups is 4. The summed E-state index contributed by atoms with van der Waals surface area (Å²) >= 11 is 0. The number of hydrogen-bond acceptors (Lipinski definition) is 8. The van der Waals surface area contributed by atoms with E-state index in [1.807, 2.05) is 12.1 Å². The maximum Gasteiger partial charge on any atom is 0.428 e. The minimum absolute atomic E-state index is 0.193. The van der Waals surface area contributed by atoms with Crippen LogP contribution in [-0.2, 0) is 35.0 Å². The molecule has 0 saturated heterocycles. The minimum Gasteiger partial charge on any atom is -0.481 e. The van der Waals surface area contributed by atoms with Crippen molar-refractivity contribution in [2.45, 2.75) is 38.9 Å². The summed E-state index contributed by atoms with van der Waals surface area (Å²) < 4.78 is 16.5. The summed E-state index contributed by atoms with van der Waals surface area (Å²) in [5.41, 5.74) is 1.17. The van der Waals surface area contributed by atoms with Gasteiger partial charge in [-0.25, -0.2) is 15.6 Å². The van der Waals surface area contributed by atoms with Gasteiger partial charge >= 0.3 is 24.0 Å². The van der Waals surface area contributed by atoms with E-state index in [1.54, 1.807) is 69.3 Å². The Labute approximate surface area is 232 Å². The third kappa shape index (κ3) is 8.67. The first-order chi connectivity index (χ1) is 18.9. The Balaban J connectivity index is 1.78. The molecule has 0 saturated carbocycles. The van der Waals surface area contributed by atoms with Crippen molar-refractivity contribution in [2.24, 2.45) is 11.8 Å². The number of benzene rings is 3. The van der Waals surface area contributed by atoms with Gasteiger partial charge in [0.15, 0.2) is 12.0 Å². The van der Waals surface area contributed by atoms with Gasteiger partial charge in [0.25, 0.3) is 0 Å². The minimum atomic E-state index is -1.59. The Kier molecular flexibility index (Phi) is 9.99. The number of carboxylic acid groups (broad SMARTS) is 1. The van der Waals surface area contributed by atoms with Crippen LogP contribution in [0.25, 0.3) is 0 Å². The summed E-state index contributed by atoms with van der Waals surface area (Å²) in [5.74, 6) is 1.41. The maximum absolute atomic E-state index is 13.4. The van der Waals surface area contributed by atoms with Crippen molar-refractivity contribution in [1.82, 2.24) is 0 Å². The Morgan fingerprint density at radius 3 is 1.82 bits per heavy atom. The summed E-state index contributed by atoms with van der Waals surface area (Å²) in [5, 5.41) is 9.59. The number of rotatable bonds is 10. The fraction of sp³-hybridized carbons (Fsp3) is 0.267. The molecule has 3 N–H and O–H groups in total. The van der Waals surface area contributed by atoms with Gasteiger partial charge in [-0.05, 0) is 49.6 Å². The summed E-state index contributed by atoms with van der Waals surface area (Å²) in [4.78, 5) is 50.0. The van der Waals surface area contributed by atoms with Crippen LogP contribution in [-0.4, -0.2) is 41.3 Å². The van der Waals surface area contributed by atoms with Crippen molar-refractivity contribution in [3.8, 4) is 0 Å². The molecule has 10 heteroatoms. The van der Waals surface area contributed by atoms with Gasteiger partial charge in [-0.15, -0.1) is 0 Å². The molecule has 210 valence electrons. The zero-order chi connectivity index (χ0) is 29.3. The second kappa shape index (κ2) is 13.4. The molecule has 3 aromatic carbocycles. The van der Waals surface area contributed by atoms with E-state index in [4.69, 9.17) is 25.2 Å². The summed E-state index contributed by atoms with van der Waals surface area (Å²) in [6.45, 7) is 4.25. The zero-order valence-corrected chi connectivity index (χ0v) is 22.5. The summed E-state index contributed by atoms with van der Waals surface area (Å²) in [7, 11) is 0. The van der Waals surface area contributed by atoms with Crippen LogP contribution in [0.15, 0.2) is 84.9 Å². The van der Waals surface area contributed by atoms with Gasteiger partial charge in [0.2, 0.25) is 0 Å². The number of carboxylic acids is 1. The van der Waals surface area contributed by atoms with Gasteiger partial charge in [-0.3, -0.25) is 14.4 Å². The molecule has 10 nitrogen and oxygen atoms in total. The van der Waals surface area contributed by atoms with E-state index in [1.165, 1.54) is 24.3 Å². The van der Waals surface area contributed by atoms with Crippen molar-refractivity contribution < 1.29 is 38.5 Å². The Morgan fingerprint density at radius 1 is 0.825 bits per heavy atom. The molecule has 0 radical (unpaired) electrons. The average molecular weight is 549 g/mol. The largest absolute Gasteiger partial charge is 0.481 e. The van der Waals surface area contributed by atoms with Crippen LogP contribution in [0.5, 0.6) is 0 Å². The van der Waals surface area contributed by atoms with Gasteiger partial charge < -0.3 is 19.3 Å². The van der Waals surface area contributed by atoms with E-state index in [0.29, 0.717) is 21.7 Å². The monoisotopic (exact) mass is 548 g/mol. The first-order valence-electron chi connectivity index (χ1n) is 12.5. The maximum atomic E-state index is 13.4. The second-order valence-electron chi connectivity index (χ2n) is 9.91. The van der Waals surface area contributed by atoms with E-state index >= 15 is 0 Å². The summed E-state index contributed by atoms with van der Waals surface area (Å²) in [6.07, 6.45) is -2.07. The van der Waals surface area contributed by atoms with Crippen LogP contribution in [0, 0.1) is 5.92 Å². The quantitative estimate of drug-likeness (QED) is 0.0939. The molecule has 3 aromatic rings. The average Bonchev–Trinajstić information content (AvgIpc) is 2.91. The number of aliphatic carboxylic acids is 1. The van der Waals surface area contributed by atoms with E-state index < -0.39 is 48.2 Å². The summed E-state index contributed by atoms with van der Waals surface area (Å²) in [6, 6.07) is 23.9. The molecule has 0 bridgehead atoms. The highest BCUT2D eigenvalue weighted by atomic mass is 16.6. The first kappa shape index (κ1) is 29.9. The molecule has 0 aliphatic rings. The van der Waals surface area contributed by atoms with Crippen molar-refractivity contribution >= 4 is 29.7 Å². The lowest BCUT2D eigenvalue weighted by Gasteiger charge is -2.26. The van der Waals surface area contributed by atoms with Crippen LogP contribution in [0.2, 0.25) is 0 Å². The molecular weight excluding hydrogens is 516 g/mol. The number of carbonyl (C=O) groups excluding carboxylic acids is 3. The third-order valence-corrected chi connectivity index (χ3v) is 5.55. The molecule has 0 aliphatic carbocycles. The molecule has 1 atom stereocenters. The van der Waals surface area contributed by atoms with Crippen molar-refractivity contribution in [3.05, 3.63) is 102 Å². The Hall–Kier alpha value is -4.70. The number of amides is 1. The SMILES string of the molecule is CC(C)(C)OC(=O)[C@H](COC(=O)N(N)c1ccc(CC(=O)O)cc1)C(=O)OC(c1ccccc1)c1ccccc1. The smallest absolute Gasteiger partial charge is 0.428 e. The molecular formula is C30H32N2O8. The van der Waals surface area contributed by atoms with Crippen LogP contribution >= 0.6 is 0 Å². The van der Waals surface area contributed by atoms with Gasteiger partial charge in [0.05, 0.1) is 12.1 Å². The fourth-order valence-corrected chi connectivity index (χ4v) is 3.67. The van der Waals surface area contributed by atoms with E-state index in [9.17, 15) is 19.2 Å². The second-order valence-corrected chi connectivity index (χ2v) is 9.91. The lowest BCUT2D eigenvalue weighted by molar-refractivity contribution is -0.172. The van der Waals surface area contributed by atoms with Gasteiger partial charge in [-0.1, -0.05) is 72.8 Å². The number of hydrazine groups is 1. The number of ether oxygens (including phenoxy) is 3. The van der Waals surface area contributed by atoms with Gasteiger partial charge in [0, 0.05) is 0 Å². The lowest BCUT2D eigenvalue weighted by atomic mass is 10.0. The predicted octanol–water partition coefficient (Wildman–Crippen LogP) is 4.42. The highest BCUT2D eigenvalue weighted by Gasteiger charge is 2.36. The van der Waals surface area contributed by atoms with Gasteiger partial charge in [0.1, 0.15) is 12.2 Å². The van der Waals surface area contributed by atoms with Crippen LogP contribution in [0.1, 0.15) is 43.6 Å². The van der Waals surface area contributed by atoms with E-state index in [-0.39, 0.29) is 12.1 Å². The highest BCUT2D eigenvalue weighted by molar-refractivity contribution is 5.96. The lowest BCUT2D eigenvalue weighted by Crippen LogP contribution is -2.42. The number of nitrogens with zero attached hydrogens (tertiary/aromatic N) is 1. The molecule has 1 amide bonds. The molecule has 0 aliphatic heterocycles. The van der Waals surface area contributed by atoms with Gasteiger partial charge in [-0.2, -0.15) is 0 Å². The van der Waals surface area contributed by atoms with Crippen molar-refractivity contribution in [2.75, 3.05) is 11.6 Å². The molecule has 0 fully saturated rings. The first-order valence-corrected chi connectivity index (χ1v) is 12.5. The zero-order valence-electron chi connectivity index (χ0n) is 22.5. The molecule has 3 rings (SSSR count). The topological polar surface area (TPSA) is 145 Å². The third-order valence-electron chi connectivity index (χ3n) is 5.55. The van der Waals surface area contributed by atoms with Crippen LogP contribution in [0.4, 0.5) is 10.5 Å². The Bertz CT molecular complexity index is 1270. The normalized spacial score (nSPS) is 11.8. The number of hydrogen-bond donors (Lipinski definition) is 2. The van der Waals surface area contributed by atoms with E-state index in [2.05, 4.69) is 0 Å². The highest BCUT2D eigenvalue weighted by Crippen LogP contribution is 2.28. The van der Waals surface area contributed by atoms with Crippen molar-refractivity contribution in [1.29, 1.82) is 0 Å². The van der Waals surface area contributed by atoms with Crippen LogP contribution < -0.4 is 10.9 Å². The molecule has 0 spiro atoms. The number of nitrogens with two attached hydrogens (primary N) is 1.